The zero-order valence-electron chi connectivity index (χ0n) is 12.7. The summed E-state index contributed by atoms with van der Waals surface area (Å²) in [6.45, 7) is 4.98. The smallest absolute Gasteiger partial charge is 0.504 e. The first kappa shape index (κ1) is 16.9. The van der Waals surface area contributed by atoms with Crippen LogP contribution >= 0.6 is 0 Å². The number of para-hydroxylation sites is 1. The fraction of sp³-hybridized carbons (Fsp3) is 0.0588. The fourth-order valence-electron chi connectivity index (χ4n) is 1.57. The molecule has 2 rings (SSSR count). The van der Waals surface area contributed by atoms with Gasteiger partial charge in [0.2, 0.25) is 5.75 Å². The van der Waals surface area contributed by atoms with Crippen LogP contribution < -0.4 is 14.2 Å². The second-order valence-electron chi connectivity index (χ2n) is 4.72. The van der Waals surface area contributed by atoms with Crippen molar-refractivity contribution in [3.63, 3.8) is 0 Å². The Kier molecular flexibility index (Phi) is 5.06. The Labute approximate surface area is 137 Å². The van der Waals surface area contributed by atoms with Crippen molar-refractivity contribution in [1.29, 1.82) is 0 Å². The van der Waals surface area contributed by atoms with Crippen molar-refractivity contribution >= 4 is 12.1 Å². The predicted octanol–water partition coefficient (Wildman–Crippen LogP) is 3.16. The van der Waals surface area contributed by atoms with E-state index >= 15 is 0 Å². The maximum absolute atomic E-state index is 11.7. The van der Waals surface area contributed by atoms with E-state index in [0.717, 1.165) is 0 Å². The minimum Gasteiger partial charge on any atom is -0.504 e. The van der Waals surface area contributed by atoms with Gasteiger partial charge in [0.1, 0.15) is 11.5 Å². The van der Waals surface area contributed by atoms with Crippen LogP contribution in [0.3, 0.4) is 0 Å². The lowest BCUT2D eigenvalue weighted by Gasteiger charge is -2.08. The van der Waals surface area contributed by atoms with E-state index < -0.39 is 23.6 Å². The van der Waals surface area contributed by atoms with Crippen molar-refractivity contribution in [2.24, 2.45) is 0 Å². The molecular formula is C17H14O7. The molecule has 7 nitrogen and oxygen atoms in total. The first-order valence-electron chi connectivity index (χ1n) is 6.75. The minimum absolute atomic E-state index is 0.134. The lowest BCUT2D eigenvalue weighted by Crippen LogP contribution is -2.14. The van der Waals surface area contributed by atoms with Crippen LogP contribution in [0.1, 0.15) is 6.92 Å². The van der Waals surface area contributed by atoms with Gasteiger partial charge in [0.25, 0.3) is 0 Å². The van der Waals surface area contributed by atoms with Gasteiger partial charge in [0.15, 0.2) is 11.5 Å². The van der Waals surface area contributed by atoms with Crippen molar-refractivity contribution in [3.8, 4) is 28.7 Å². The van der Waals surface area contributed by atoms with Crippen molar-refractivity contribution in [3.05, 3.63) is 54.6 Å². The molecule has 2 aromatic carbocycles. The number of ether oxygens (including phenoxy) is 3. The highest BCUT2D eigenvalue weighted by atomic mass is 16.7. The van der Waals surface area contributed by atoms with Crippen LogP contribution in [-0.2, 0) is 4.79 Å². The van der Waals surface area contributed by atoms with Crippen LogP contribution in [0.15, 0.2) is 54.6 Å². The van der Waals surface area contributed by atoms with Crippen LogP contribution in [0, 0.1) is 0 Å². The molecule has 0 saturated heterocycles. The number of hydrogen-bond donors (Lipinski definition) is 2. The largest absolute Gasteiger partial charge is 0.519 e. The third-order valence-corrected chi connectivity index (χ3v) is 2.75. The molecule has 0 radical (unpaired) electrons. The summed E-state index contributed by atoms with van der Waals surface area (Å²) >= 11 is 0. The normalized spacial score (nSPS) is 9.88. The average molecular weight is 330 g/mol. The molecule has 0 aliphatic rings. The summed E-state index contributed by atoms with van der Waals surface area (Å²) in [4.78, 5) is 23.0. The number of esters is 1. The molecule has 0 spiro atoms. The molecule has 0 bridgehead atoms. The van der Waals surface area contributed by atoms with Crippen molar-refractivity contribution in [2.45, 2.75) is 6.92 Å². The quantitative estimate of drug-likeness (QED) is 0.292. The molecule has 24 heavy (non-hydrogen) atoms. The Bertz CT molecular complexity index is 778. The van der Waals surface area contributed by atoms with E-state index in [1.807, 2.05) is 0 Å². The number of phenolic OH excluding ortho intramolecular Hbond substituents is 2. The first-order valence-corrected chi connectivity index (χ1v) is 6.75. The molecule has 0 atom stereocenters. The zero-order valence-corrected chi connectivity index (χ0v) is 12.7. The fourth-order valence-corrected chi connectivity index (χ4v) is 1.57. The van der Waals surface area contributed by atoms with Crippen LogP contribution in [0.4, 0.5) is 4.79 Å². The highest BCUT2D eigenvalue weighted by molar-refractivity contribution is 5.88. The highest BCUT2D eigenvalue weighted by Crippen LogP contribution is 2.34. The third kappa shape index (κ3) is 4.26. The average Bonchev–Trinajstić information content (AvgIpc) is 2.53. The van der Waals surface area contributed by atoms with Gasteiger partial charge < -0.3 is 24.4 Å². The van der Waals surface area contributed by atoms with Gasteiger partial charge in [-0.1, -0.05) is 12.6 Å². The Hall–Kier alpha value is -3.48. The Morgan fingerprint density at radius 2 is 1.50 bits per heavy atom. The van der Waals surface area contributed by atoms with E-state index in [4.69, 9.17) is 14.2 Å². The summed E-state index contributed by atoms with van der Waals surface area (Å²) in [6.07, 6.45) is -1.11. The van der Waals surface area contributed by atoms with Crippen LogP contribution in [-0.4, -0.2) is 22.3 Å². The van der Waals surface area contributed by atoms with E-state index in [9.17, 15) is 19.8 Å². The van der Waals surface area contributed by atoms with Gasteiger partial charge in [-0.3, -0.25) is 0 Å². The van der Waals surface area contributed by atoms with Crippen LogP contribution in [0.25, 0.3) is 0 Å². The molecule has 2 aromatic rings. The van der Waals surface area contributed by atoms with E-state index in [2.05, 4.69) is 6.58 Å². The maximum atomic E-state index is 11.7. The molecule has 0 unspecified atom stereocenters. The van der Waals surface area contributed by atoms with Crippen molar-refractivity contribution in [1.82, 2.24) is 0 Å². The molecule has 0 aliphatic carbocycles. The van der Waals surface area contributed by atoms with E-state index in [0.29, 0.717) is 0 Å². The van der Waals surface area contributed by atoms with Gasteiger partial charge in [-0.05, 0) is 43.3 Å². The van der Waals surface area contributed by atoms with Crippen LogP contribution in [0.5, 0.6) is 28.7 Å². The van der Waals surface area contributed by atoms with Crippen LogP contribution in [0.2, 0.25) is 0 Å². The number of phenols is 2. The zero-order chi connectivity index (χ0) is 17.7. The van der Waals surface area contributed by atoms with Gasteiger partial charge >= 0.3 is 12.1 Å². The lowest BCUT2D eigenvalue weighted by atomic mass is 10.3. The number of carbonyl (C=O) groups excluding carboxylic acids is 2. The number of aromatic hydroxyl groups is 2. The van der Waals surface area contributed by atoms with Crippen molar-refractivity contribution in [2.75, 3.05) is 0 Å². The summed E-state index contributed by atoms with van der Waals surface area (Å²) in [7, 11) is 0. The molecule has 2 N–H and O–H groups in total. The maximum Gasteiger partial charge on any atom is 0.519 e. The second-order valence-corrected chi connectivity index (χ2v) is 4.72. The molecule has 7 heteroatoms. The van der Waals surface area contributed by atoms with Gasteiger partial charge in [0.05, 0.1) is 0 Å². The molecule has 0 aromatic heterocycles. The number of rotatable bonds is 4. The summed E-state index contributed by atoms with van der Waals surface area (Å²) < 4.78 is 14.7. The van der Waals surface area contributed by atoms with E-state index in [1.165, 1.54) is 49.4 Å². The summed E-state index contributed by atoms with van der Waals surface area (Å²) in [5.41, 5.74) is 0.254. The highest BCUT2D eigenvalue weighted by Gasteiger charge is 2.14. The molecule has 0 aliphatic heterocycles. The van der Waals surface area contributed by atoms with E-state index in [-0.39, 0.29) is 22.8 Å². The molecule has 124 valence electrons. The molecule has 0 heterocycles. The Morgan fingerprint density at radius 3 is 2.08 bits per heavy atom. The first-order chi connectivity index (χ1) is 11.4. The number of benzene rings is 2. The van der Waals surface area contributed by atoms with Gasteiger partial charge in [0, 0.05) is 5.57 Å². The molecule has 0 amide bonds. The van der Waals surface area contributed by atoms with E-state index in [1.54, 1.807) is 0 Å². The topological polar surface area (TPSA) is 102 Å². The Balaban J connectivity index is 1.98. The van der Waals surface area contributed by atoms with Gasteiger partial charge in [-0.15, -0.1) is 0 Å². The number of hydrogen-bond acceptors (Lipinski definition) is 7. The predicted molar refractivity (Wildman–Crippen MR) is 83.3 cm³/mol. The SMILES string of the molecule is C=C(C)C(=O)Oc1ccc(OC(=O)Oc2cccc(O)c2O)cc1. The van der Waals surface area contributed by atoms with Gasteiger partial charge in [-0.2, -0.15) is 0 Å². The monoisotopic (exact) mass is 330 g/mol. The second kappa shape index (κ2) is 7.19. The number of carbonyl (C=O) groups is 2. The lowest BCUT2D eigenvalue weighted by molar-refractivity contribution is -0.130. The minimum atomic E-state index is -1.11. The molecular weight excluding hydrogens is 316 g/mol. The summed E-state index contributed by atoms with van der Waals surface area (Å²) in [6, 6.07) is 9.55. The summed E-state index contributed by atoms with van der Waals surface area (Å²) in [5.74, 6) is -1.42. The van der Waals surface area contributed by atoms with Crippen molar-refractivity contribution < 1.29 is 34.0 Å². The Morgan fingerprint density at radius 1 is 0.917 bits per heavy atom. The third-order valence-electron chi connectivity index (χ3n) is 2.75. The molecule has 0 fully saturated rings. The van der Waals surface area contributed by atoms with Gasteiger partial charge in [-0.25, -0.2) is 9.59 Å². The standard InChI is InChI=1S/C17H14O7/c1-10(2)16(20)22-11-6-8-12(9-7-11)23-17(21)24-14-5-3-4-13(18)15(14)19/h3-9,18-19H,1H2,2H3. The molecule has 0 saturated carbocycles. The summed E-state index contributed by atoms with van der Waals surface area (Å²) in [5, 5.41) is 18.9.